The van der Waals surface area contributed by atoms with Gasteiger partial charge in [-0.25, -0.2) is 4.98 Å². The number of aromatic nitrogens is 3. The number of nitriles is 1. The Morgan fingerprint density at radius 3 is 2.76 bits per heavy atom. The lowest BCUT2D eigenvalue weighted by Gasteiger charge is -2.00. The molecule has 5 nitrogen and oxygen atoms in total. The first kappa shape index (κ1) is 13.0. The Balaban J connectivity index is 1.83. The molecule has 3 aromatic rings. The van der Waals surface area contributed by atoms with Crippen molar-refractivity contribution in [1.82, 2.24) is 15.1 Å². The number of benzene rings is 1. The summed E-state index contributed by atoms with van der Waals surface area (Å²) in [7, 11) is 0. The van der Waals surface area contributed by atoms with Crippen LogP contribution in [0.5, 0.6) is 0 Å². The molecule has 0 saturated heterocycles. The number of rotatable bonds is 3. The van der Waals surface area contributed by atoms with Crippen LogP contribution in [0.25, 0.3) is 11.6 Å². The van der Waals surface area contributed by atoms with Crippen molar-refractivity contribution in [3.8, 4) is 17.7 Å². The van der Waals surface area contributed by atoms with Crippen molar-refractivity contribution in [3.05, 3.63) is 65.1 Å². The van der Waals surface area contributed by atoms with Crippen LogP contribution < -0.4 is 0 Å². The van der Waals surface area contributed by atoms with Gasteiger partial charge in [0.05, 0.1) is 5.56 Å². The average molecular weight is 276 g/mol. The van der Waals surface area contributed by atoms with Crippen molar-refractivity contribution in [2.24, 2.45) is 0 Å². The Morgan fingerprint density at radius 2 is 2.05 bits per heavy atom. The van der Waals surface area contributed by atoms with E-state index in [-0.39, 0.29) is 0 Å². The average Bonchev–Trinajstić information content (AvgIpc) is 2.98. The lowest BCUT2D eigenvalue weighted by molar-refractivity contribution is 0.422. The van der Waals surface area contributed by atoms with Crippen LogP contribution in [0.1, 0.15) is 22.5 Å². The summed E-state index contributed by atoms with van der Waals surface area (Å²) in [6.45, 7) is 2.05. The molecule has 21 heavy (non-hydrogen) atoms. The minimum absolute atomic E-state index is 0.364. The third-order valence-electron chi connectivity index (χ3n) is 3.19. The van der Waals surface area contributed by atoms with Gasteiger partial charge in [-0.3, -0.25) is 0 Å². The maximum Gasteiger partial charge on any atom is 0.276 e. The van der Waals surface area contributed by atoms with E-state index in [1.165, 1.54) is 11.8 Å². The molecule has 2 aromatic heterocycles. The van der Waals surface area contributed by atoms with Gasteiger partial charge in [-0.15, -0.1) is 0 Å². The Bertz CT molecular complexity index is 800. The molecule has 102 valence electrons. The summed E-state index contributed by atoms with van der Waals surface area (Å²) in [5.74, 6) is 0.980. The third-order valence-corrected chi connectivity index (χ3v) is 3.19. The highest BCUT2D eigenvalue weighted by Gasteiger charge is 2.11. The fourth-order valence-electron chi connectivity index (χ4n) is 2.00. The van der Waals surface area contributed by atoms with Crippen LogP contribution in [0.3, 0.4) is 0 Å². The van der Waals surface area contributed by atoms with Crippen molar-refractivity contribution < 1.29 is 4.52 Å². The van der Waals surface area contributed by atoms with E-state index < -0.39 is 0 Å². The summed E-state index contributed by atoms with van der Waals surface area (Å²) in [4.78, 5) is 8.49. The van der Waals surface area contributed by atoms with Crippen molar-refractivity contribution >= 4 is 0 Å². The van der Waals surface area contributed by atoms with Crippen molar-refractivity contribution in [2.45, 2.75) is 13.3 Å². The smallest absolute Gasteiger partial charge is 0.276 e. The van der Waals surface area contributed by atoms with E-state index in [1.807, 2.05) is 24.3 Å². The minimum atomic E-state index is 0.364. The first-order valence-corrected chi connectivity index (χ1v) is 6.50. The molecule has 0 fully saturated rings. The number of pyridine rings is 1. The van der Waals surface area contributed by atoms with Crippen LogP contribution in [0.15, 0.2) is 47.1 Å². The first-order chi connectivity index (χ1) is 10.3. The predicted molar refractivity (Wildman–Crippen MR) is 76.2 cm³/mol. The summed E-state index contributed by atoms with van der Waals surface area (Å²) in [6.07, 6.45) is 2.10. The van der Waals surface area contributed by atoms with Crippen LogP contribution in [0, 0.1) is 18.3 Å². The van der Waals surface area contributed by atoms with Crippen molar-refractivity contribution in [2.75, 3.05) is 0 Å². The van der Waals surface area contributed by atoms with Crippen molar-refractivity contribution in [1.29, 1.82) is 5.26 Å². The lowest BCUT2D eigenvalue weighted by atomic mass is 10.1. The molecule has 0 aliphatic carbocycles. The van der Waals surface area contributed by atoms with Gasteiger partial charge >= 0.3 is 0 Å². The van der Waals surface area contributed by atoms with Crippen LogP contribution >= 0.6 is 0 Å². The standard InChI is InChI=1S/C16H12N4O/c1-11-4-2-3-5-13(11)8-15-19-16(21-20-15)14-7-6-12(9-17)10-18-14/h2-7,10H,8H2,1H3. The second kappa shape index (κ2) is 5.55. The van der Waals surface area contributed by atoms with Gasteiger partial charge in [-0.05, 0) is 30.2 Å². The zero-order chi connectivity index (χ0) is 14.7. The summed E-state index contributed by atoms with van der Waals surface area (Å²) in [5, 5.41) is 12.7. The predicted octanol–water partition coefficient (Wildman–Crippen LogP) is 2.90. The molecule has 0 bridgehead atoms. The Kier molecular flexibility index (Phi) is 3.44. The topological polar surface area (TPSA) is 75.6 Å². The van der Waals surface area contributed by atoms with Gasteiger partial charge in [0.2, 0.25) is 0 Å². The van der Waals surface area contributed by atoms with Gasteiger partial charge in [-0.2, -0.15) is 10.2 Å². The first-order valence-electron chi connectivity index (χ1n) is 6.50. The van der Waals surface area contributed by atoms with Gasteiger partial charge < -0.3 is 4.52 Å². The van der Waals surface area contributed by atoms with Crippen LogP contribution in [-0.2, 0) is 6.42 Å². The number of hydrogen-bond acceptors (Lipinski definition) is 5. The van der Waals surface area contributed by atoms with Gasteiger partial charge in [0.25, 0.3) is 5.89 Å². The molecule has 1 aromatic carbocycles. The molecule has 0 unspecified atom stereocenters. The van der Waals surface area contributed by atoms with E-state index in [9.17, 15) is 0 Å². The van der Waals surface area contributed by atoms with Gasteiger partial charge in [0, 0.05) is 12.6 Å². The quantitative estimate of drug-likeness (QED) is 0.735. The molecule has 0 saturated carbocycles. The van der Waals surface area contributed by atoms with Gasteiger partial charge in [-0.1, -0.05) is 29.4 Å². The summed E-state index contributed by atoms with van der Waals surface area (Å²) in [5.41, 5.74) is 3.42. The molecule has 2 heterocycles. The lowest BCUT2D eigenvalue weighted by Crippen LogP contribution is -1.93. The summed E-state index contributed by atoms with van der Waals surface area (Å²) < 4.78 is 5.23. The molecular formula is C16H12N4O. The summed E-state index contributed by atoms with van der Waals surface area (Å²) >= 11 is 0. The highest BCUT2D eigenvalue weighted by atomic mass is 16.5. The molecule has 0 aliphatic heterocycles. The zero-order valence-electron chi connectivity index (χ0n) is 11.4. The van der Waals surface area contributed by atoms with E-state index >= 15 is 0 Å². The molecule has 0 aliphatic rings. The third kappa shape index (κ3) is 2.79. The Hall–Kier alpha value is -3.00. The molecular weight excluding hydrogens is 264 g/mol. The monoisotopic (exact) mass is 276 g/mol. The Labute approximate surface area is 121 Å². The Morgan fingerprint density at radius 1 is 1.19 bits per heavy atom. The summed E-state index contributed by atoms with van der Waals surface area (Å²) in [6, 6.07) is 13.5. The fraction of sp³-hybridized carbons (Fsp3) is 0.125. The highest BCUT2D eigenvalue weighted by Crippen LogP contribution is 2.17. The molecule has 0 radical (unpaired) electrons. The highest BCUT2D eigenvalue weighted by molar-refractivity contribution is 5.47. The zero-order valence-corrected chi connectivity index (χ0v) is 11.4. The van der Waals surface area contributed by atoms with Crippen molar-refractivity contribution in [3.63, 3.8) is 0 Å². The molecule has 5 heteroatoms. The number of hydrogen-bond donors (Lipinski definition) is 0. The fourth-order valence-corrected chi connectivity index (χ4v) is 2.00. The molecule has 3 rings (SSSR count). The van der Waals surface area contributed by atoms with Gasteiger partial charge in [0.1, 0.15) is 11.8 Å². The normalized spacial score (nSPS) is 10.3. The maximum absolute atomic E-state index is 8.75. The maximum atomic E-state index is 8.75. The van der Waals surface area contributed by atoms with Gasteiger partial charge in [0.15, 0.2) is 5.82 Å². The second-order valence-electron chi connectivity index (χ2n) is 4.66. The van der Waals surface area contributed by atoms with E-state index in [1.54, 1.807) is 12.1 Å². The van der Waals surface area contributed by atoms with E-state index in [2.05, 4.69) is 28.1 Å². The number of aryl methyl sites for hydroxylation is 1. The SMILES string of the molecule is Cc1ccccc1Cc1noc(-c2ccc(C#N)cn2)n1. The minimum Gasteiger partial charge on any atom is -0.332 e. The van der Waals surface area contributed by atoms with E-state index in [4.69, 9.17) is 9.78 Å². The second-order valence-corrected chi connectivity index (χ2v) is 4.66. The largest absolute Gasteiger partial charge is 0.332 e. The molecule has 0 amide bonds. The molecule has 0 N–H and O–H groups in total. The molecule has 0 spiro atoms. The van der Waals surface area contributed by atoms with E-state index in [0.29, 0.717) is 29.4 Å². The van der Waals surface area contributed by atoms with E-state index in [0.717, 1.165) is 5.56 Å². The number of nitrogens with zero attached hydrogens (tertiary/aromatic N) is 4. The molecule has 0 atom stereocenters. The van der Waals surface area contributed by atoms with Crippen LogP contribution in [0.4, 0.5) is 0 Å². The van der Waals surface area contributed by atoms with Crippen LogP contribution in [-0.4, -0.2) is 15.1 Å². The van der Waals surface area contributed by atoms with Crippen LogP contribution in [0.2, 0.25) is 0 Å².